The SMILES string of the molecule is COc1cc(/C=C/C(=O)N2CC3CC[C@@H](C2)C3Nc2ccc(F)cc2)c(NC(C)=O)cc1Cl. The summed E-state index contributed by atoms with van der Waals surface area (Å²) in [6.07, 6.45) is 5.31. The van der Waals surface area contributed by atoms with Crippen LogP contribution >= 0.6 is 11.6 Å². The third-order valence-electron chi connectivity index (χ3n) is 6.36. The molecule has 4 rings (SSSR count). The molecule has 1 aliphatic heterocycles. The number of hydrogen-bond acceptors (Lipinski definition) is 4. The molecule has 2 unspecified atom stereocenters. The van der Waals surface area contributed by atoms with Gasteiger partial charge in [0.15, 0.2) is 0 Å². The van der Waals surface area contributed by atoms with Gasteiger partial charge in [-0.2, -0.15) is 0 Å². The van der Waals surface area contributed by atoms with Gasteiger partial charge >= 0.3 is 0 Å². The molecule has 8 heteroatoms. The van der Waals surface area contributed by atoms with Crippen LogP contribution in [0.25, 0.3) is 6.08 Å². The fourth-order valence-corrected chi connectivity index (χ4v) is 5.05. The number of benzene rings is 2. The molecule has 0 spiro atoms. The fraction of sp³-hybridized carbons (Fsp3) is 0.360. The van der Waals surface area contributed by atoms with Crippen molar-refractivity contribution in [3.8, 4) is 5.75 Å². The third-order valence-corrected chi connectivity index (χ3v) is 6.66. The molecule has 0 radical (unpaired) electrons. The van der Waals surface area contributed by atoms with Crippen LogP contribution in [0.5, 0.6) is 5.75 Å². The van der Waals surface area contributed by atoms with Gasteiger partial charge in [-0.25, -0.2) is 4.39 Å². The molecule has 2 aliphatic rings. The maximum absolute atomic E-state index is 13.2. The summed E-state index contributed by atoms with van der Waals surface area (Å²) in [7, 11) is 1.51. The van der Waals surface area contributed by atoms with Crippen LogP contribution in [0.4, 0.5) is 15.8 Å². The first kappa shape index (κ1) is 23.1. The van der Waals surface area contributed by atoms with E-state index in [9.17, 15) is 14.0 Å². The Morgan fingerprint density at radius 2 is 1.82 bits per heavy atom. The Labute approximate surface area is 197 Å². The Kier molecular flexibility index (Phi) is 6.88. The number of amides is 2. The van der Waals surface area contributed by atoms with Crippen LogP contribution in [0.15, 0.2) is 42.5 Å². The Bertz CT molecular complexity index is 1060. The monoisotopic (exact) mass is 471 g/mol. The molecular weight excluding hydrogens is 445 g/mol. The number of nitrogens with zero attached hydrogens (tertiary/aromatic N) is 1. The van der Waals surface area contributed by atoms with Crippen molar-refractivity contribution in [1.29, 1.82) is 0 Å². The van der Waals surface area contributed by atoms with Gasteiger partial charge in [0.25, 0.3) is 0 Å². The highest BCUT2D eigenvalue weighted by Crippen LogP contribution is 2.39. The molecule has 1 aliphatic carbocycles. The molecule has 2 bridgehead atoms. The van der Waals surface area contributed by atoms with Crippen molar-refractivity contribution >= 4 is 40.9 Å². The van der Waals surface area contributed by atoms with E-state index in [4.69, 9.17) is 16.3 Å². The van der Waals surface area contributed by atoms with E-state index in [0.717, 1.165) is 18.5 Å². The number of nitrogens with one attached hydrogen (secondary N) is 2. The van der Waals surface area contributed by atoms with E-state index in [-0.39, 0.29) is 23.7 Å². The molecule has 2 aromatic rings. The van der Waals surface area contributed by atoms with Crippen molar-refractivity contribution in [2.45, 2.75) is 25.8 Å². The number of likely N-dealkylation sites (tertiary alicyclic amines) is 1. The van der Waals surface area contributed by atoms with Crippen molar-refractivity contribution in [2.75, 3.05) is 30.8 Å². The van der Waals surface area contributed by atoms with Crippen LogP contribution < -0.4 is 15.4 Å². The first-order valence-corrected chi connectivity index (χ1v) is 11.4. The van der Waals surface area contributed by atoms with E-state index in [0.29, 0.717) is 46.9 Å². The highest BCUT2D eigenvalue weighted by atomic mass is 35.5. The molecule has 0 aromatic heterocycles. The van der Waals surface area contributed by atoms with E-state index in [2.05, 4.69) is 10.6 Å². The van der Waals surface area contributed by atoms with Crippen LogP contribution in [0, 0.1) is 17.7 Å². The number of ether oxygens (including phenoxy) is 1. The van der Waals surface area contributed by atoms with Crippen molar-refractivity contribution in [1.82, 2.24) is 4.90 Å². The number of rotatable bonds is 6. The van der Waals surface area contributed by atoms with Gasteiger partial charge in [0, 0.05) is 49.1 Å². The largest absolute Gasteiger partial charge is 0.495 e. The fourth-order valence-electron chi connectivity index (χ4n) is 4.80. The predicted octanol–water partition coefficient (Wildman–Crippen LogP) is 4.81. The summed E-state index contributed by atoms with van der Waals surface area (Å²) in [5.41, 5.74) is 2.05. The zero-order valence-electron chi connectivity index (χ0n) is 18.6. The average Bonchev–Trinajstić information content (AvgIpc) is 3.00. The smallest absolute Gasteiger partial charge is 0.246 e. The molecule has 1 heterocycles. The normalized spacial score (nSPS) is 21.8. The van der Waals surface area contributed by atoms with E-state index in [1.54, 1.807) is 30.3 Å². The summed E-state index contributed by atoms with van der Waals surface area (Å²) in [4.78, 5) is 26.4. The molecular formula is C25H27ClFN3O3. The minimum Gasteiger partial charge on any atom is -0.495 e. The number of methoxy groups -OCH3 is 1. The van der Waals surface area contributed by atoms with Gasteiger partial charge in [0.1, 0.15) is 11.6 Å². The third kappa shape index (κ3) is 5.30. The second-order valence-electron chi connectivity index (χ2n) is 8.61. The van der Waals surface area contributed by atoms with Crippen LogP contribution in [-0.2, 0) is 9.59 Å². The van der Waals surface area contributed by atoms with Gasteiger partial charge in [0.2, 0.25) is 11.8 Å². The van der Waals surface area contributed by atoms with Gasteiger partial charge in [-0.3, -0.25) is 9.59 Å². The maximum atomic E-state index is 13.2. The lowest BCUT2D eigenvalue weighted by Gasteiger charge is -2.38. The molecule has 6 nitrogen and oxygen atoms in total. The first-order valence-electron chi connectivity index (χ1n) is 11.0. The summed E-state index contributed by atoms with van der Waals surface area (Å²) in [6, 6.07) is 9.99. The highest BCUT2D eigenvalue weighted by molar-refractivity contribution is 6.32. The van der Waals surface area contributed by atoms with E-state index < -0.39 is 0 Å². The molecule has 2 N–H and O–H groups in total. The van der Waals surface area contributed by atoms with Crippen LogP contribution in [0.1, 0.15) is 25.3 Å². The average molecular weight is 472 g/mol. The molecule has 174 valence electrons. The van der Waals surface area contributed by atoms with Gasteiger partial charge in [-0.1, -0.05) is 11.6 Å². The van der Waals surface area contributed by atoms with Gasteiger partial charge < -0.3 is 20.3 Å². The molecule has 3 atom stereocenters. The molecule has 33 heavy (non-hydrogen) atoms. The van der Waals surface area contributed by atoms with E-state index >= 15 is 0 Å². The standard InChI is InChI=1S/C25H27ClFN3O3/c1-15(31)28-22-12-21(26)23(33-2)11-16(22)5-10-24(32)30-13-17-3-4-18(14-30)25(17)29-20-8-6-19(27)7-9-20/h5-12,17-18,25,29H,3-4,13-14H2,1-2H3,(H,28,31)/b10-5+/t17-,18?,25?/m0/s1. The second-order valence-corrected chi connectivity index (χ2v) is 9.01. The Morgan fingerprint density at radius 3 is 2.42 bits per heavy atom. The minimum atomic E-state index is -0.254. The second kappa shape index (κ2) is 9.83. The van der Waals surface area contributed by atoms with Gasteiger partial charge in [-0.15, -0.1) is 0 Å². The zero-order chi connectivity index (χ0) is 23.5. The molecule has 1 saturated carbocycles. The van der Waals surface area contributed by atoms with Crippen molar-refractivity contribution < 1.29 is 18.7 Å². The van der Waals surface area contributed by atoms with E-state index in [1.165, 1.54) is 32.2 Å². The number of halogens is 2. The first-order chi connectivity index (χ1) is 15.8. The highest BCUT2D eigenvalue weighted by Gasteiger charge is 2.42. The topological polar surface area (TPSA) is 70.7 Å². The van der Waals surface area contributed by atoms with Gasteiger partial charge in [-0.05, 0) is 67.2 Å². The van der Waals surface area contributed by atoms with Gasteiger partial charge in [0.05, 0.1) is 12.1 Å². The summed E-state index contributed by atoms with van der Waals surface area (Å²) >= 11 is 6.19. The number of carbonyl (C=O) groups is 2. The molecule has 1 saturated heterocycles. The molecule has 2 aromatic carbocycles. The predicted molar refractivity (Wildman–Crippen MR) is 128 cm³/mol. The number of piperidine rings is 1. The van der Waals surface area contributed by atoms with Crippen molar-refractivity contribution in [2.24, 2.45) is 11.8 Å². The van der Waals surface area contributed by atoms with Crippen molar-refractivity contribution in [3.63, 3.8) is 0 Å². The van der Waals surface area contributed by atoms with Crippen LogP contribution in [-0.4, -0.2) is 43.0 Å². The maximum Gasteiger partial charge on any atom is 0.246 e. The number of hydrogen-bond donors (Lipinski definition) is 2. The van der Waals surface area contributed by atoms with Crippen LogP contribution in [0.2, 0.25) is 5.02 Å². The lowest BCUT2D eigenvalue weighted by atomic mass is 9.91. The molecule has 2 fully saturated rings. The summed E-state index contributed by atoms with van der Waals surface area (Å²) < 4.78 is 18.5. The minimum absolute atomic E-state index is 0.0742. The number of fused-ring (bicyclic) bond motifs is 2. The quantitative estimate of drug-likeness (QED) is 0.593. The Hall–Kier alpha value is -3.06. The van der Waals surface area contributed by atoms with E-state index in [1.807, 2.05) is 4.90 Å². The van der Waals surface area contributed by atoms with Crippen molar-refractivity contribution in [3.05, 3.63) is 58.9 Å². The summed E-state index contributed by atoms with van der Waals surface area (Å²) in [5, 5.41) is 6.65. The Balaban J connectivity index is 1.45. The number of anilines is 2. The lowest BCUT2D eigenvalue weighted by molar-refractivity contribution is -0.128. The lowest BCUT2D eigenvalue weighted by Crippen LogP contribution is -2.49. The number of carbonyl (C=O) groups excluding carboxylic acids is 2. The summed E-state index contributed by atoms with van der Waals surface area (Å²) in [5.74, 6) is 0.590. The zero-order valence-corrected chi connectivity index (χ0v) is 19.4. The summed E-state index contributed by atoms with van der Waals surface area (Å²) in [6.45, 7) is 2.75. The van der Waals surface area contributed by atoms with Crippen LogP contribution in [0.3, 0.4) is 0 Å². The Morgan fingerprint density at radius 1 is 1.15 bits per heavy atom. The molecule has 2 amide bonds.